The lowest BCUT2D eigenvalue weighted by Crippen LogP contribution is -2.44. The highest BCUT2D eigenvalue weighted by Gasteiger charge is 2.47. The molecule has 31 heavy (non-hydrogen) atoms. The maximum absolute atomic E-state index is 2.43. The first-order chi connectivity index (χ1) is 14.6. The van der Waals surface area contributed by atoms with E-state index in [-0.39, 0.29) is 10.8 Å². The summed E-state index contributed by atoms with van der Waals surface area (Å²) in [4.78, 5) is 0. The molecule has 0 spiro atoms. The van der Waals surface area contributed by atoms with Crippen LogP contribution < -0.4 is 4.57 Å². The second-order valence-corrected chi connectivity index (χ2v) is 10.3. The predicted octanol–water partition coefficient (Wildman–Crippen LogP) is 7.18. The van der Waals surface area contributed by atoms with E-state index >= 15 is 0 Å². The van der Waals surface area contributed by atoms with Gasteiger partial charge in [-0.1, -0.05) is 70.2 Å². The van der Waals surface area contributed by atoms with Crippen molar-refractivity contribution in [3.8, 4) is 22.4 Å². The van der Waals surface area contributed by atoms with Crippen molar-refractivity contribution < 1.29 is 4.57 Å². The molecule has 0 saturated carbocycles. The third kappa shape index (κ3) is 2.65. The lowest BCUT2D eigenvalue weighted by molar-refractivity contribution is -0.660. The quantitative estimate of drug-likeness (QED) is 0.295. The number of pyridine rings is 1. The van der Waals surface area contributed by atoms with Gasteiger partial charge in [-0.2, -0.15) is 0 Å². The molecule has 0 aliphatic heterocycles. The van der Waals surface area contributed by atoms with Gasteiger partial charge < -0.3 is 0 Å². The minimum Gasteiger partial charge on any atom is -0.201 e. The third-order valence-corrected chi connectivity index (χ3v) is 8.05. The number of aromatic nitrogens is 1. The van der Waals surface area contributed by atoms with E-state index in [2.05, 4.69) is 120 Å². The summed E-state index contributed by atoms with van der Waals surface area (Å²) in [6.45, 7) is 14.2. The van der Waals surface area contributed by atoms with Crippen LogP contribution in [-0.4, -0.2) is 0 Å². The summed E-state index contributed by atoms with van der Waals surface area (Å²) < 4.78 is 2.26. The molecule has 0 radical (unpaired) electrons. The molecule has 0 bridgehead atoms. The normalized spacial score (nSPS) is 16.1. The van der Waals surface area contributed by atoms with Crippen LogP contribution in [0.5, 0.6) is 0 Å². The van der Waals surface area contributed by atoms with E-state index < -0.39 is 0 Å². The standard InChI is InChI=1S/C30H32N/c1-19-12-17-26(31(7)18-19)22-15-16-24-25-14-13-21-10-8-9-11-23(21)28(25)30(5,6)29(3,4)27(24)20(22)2/h8-18H,1-7H3/q+1. The molecule has 1 heterocycles. The van der Waals surface area contributed by atoms with E-state index in [1.165, 1.54) is 55.4 Å². The molecule has 1 aromatic heterocycles. The Labute approximate surface area is 186 Å². The van der Waals surface area contributed by atoms with Crippen molar-refractivity contribution in [2.75, 3.05) is 0 Å². The monoisotopic (exact) mass is 406 g/mol. The molecule has 0 N–H and O–H groups in total. The van der Waals surface area contributed by atoms with Gasteiger partial charge in [0.15, 0.2) is 6.20 Å². The molecule has 156 valence electrons. The molecular formula is C30H32N+. The Bertz CT molecular complexity index is 1350. The molecule has 3 aromatic carbocycles. The van der Waals surface area contributed by atoms with Gasteiger partial charge in [0.2, 0.25) is 5.69 Å². The summed E-state index contributed by atoms with van der Waals surface area (Å²) in [6, 6.07) is 22.6. The Morgan fingerprint density at radius 3 is 2.00 bits per heavy atom. The Hall–Kier alpha value is -2.93. The molecule has 0 saturated heterocycles. The highest BCUT2D eigenvalue weighted by Crippen LogP contribution is 2.57. The van der Waals surface area contributed by atoms with Crippen molar-refractivity contribution in [1.82, 2.24) is 0 Å². The summed E-state index contributed by atoms with van der Waals surface area (Å²) >= 11 is 0. The lowest BCUT2D eigenvalue weighted by Gasteiger charge is -2.49. The van der Waals surface area contributed by atoms with Crippen molar-refractivity contribution in [1.29, 1.82) is 0 Å². The van der Waals surface area contributed by atoms with Crippen molar-refractivity contribution >= 4 is 10.8 Å². The lowest BCUT2D eigenvalue weighted by atomic mass is 9.54. The van der Waals surface area contributed by atoms with Gasteiger partial charge in [0.25, 0.3) is 0 Å². The number of fused-ring (bicyclic) bond motifs is 5. The summed E-state index contributed by atoms with van der Waals surface area (Å²) in [5, 5.41) is 2.71. The van der Waals surface area contributed by atoms with Crippen LogP contribution in [0, 0.1) is 13.8 Å². The number of aryl methyl sites for hydroxylation is 2. The first kappa shape index (κ1) is 20.0. The second-order valence-electron chi connectivity index (χ2n) is 10.3. The molecule has 1 heteroatoms. The number of hydrogen-bond acceptors (Lipinski definition) is 0. The van der Waals surface area contributed by atoms with Gasteiger partial charge in [-0.3, -0.25) is 0 Å². The average molecular weight is 407 g/mol. The molecule has 0 unspecified atom stereocenters. The fourth-order valence-corrected chi connectivity index (χ4v) is 5.84. The van der Waals surface area contributed by atoms with Gasteiger partial charge in [0.1, 0.15) is 7.05 Å². The molecule has 0 atom stereocenters. The van der Waals surface area contributed by atoms with Gasteiger partial charge in [0, 0.05) is 22.6 Å². The van der Waals surface area contributed by atoms with Gasteiger partial charge >= 0.3 is 0 Å². The Morgan fingerprint density at radius 2 is 1.26 bits per heavy atom. The van der Waals surface area contributed by atoms with Crippen molar-refractivity contribution in [3.05, 3.63) is 89.1 Å². The molecule has 0 fully saturated rings. The van der Waals surface area contributed by atoms with Crippen molar-refractivity contribution in [2.24, 2.45) is 7.05 Å². The molecule has 5 rings (SSSR count). The minimum atomic E-state index is -0.0111. The van der Waals surface area contributed by atoms with E-state index in [0.29, 0.717) is 0 Å². The zero-order chi connectivity index (χ0) is 22.1. The Balaban J connectivity index is 1.87. The molecule has 1 aliphatic rings. The highest BCUT2D eigenvalue weighted by molar-refractivity contribution is 5.96. The smallest absolute Gasteiger partial charge is 0.201 e. The molecule has 0 amide bonds. The number of rotatable bonds is 1. The summed E-state index contributed by atoms with van der Waals surface area (Å²) in [5.41, 5.74) is 11.0. The zero-order valence-electron chi connectivity index (χ0n) is 19.8. The molecule has 1 aliphatic carbocycles. The van der Waals surface area contributed by atoms with Crippen LogP contribution in [0.25, 0.3) is 33.2 Å². The van der Waals surface area contributed by atoms with Gasteiger partial charge in [-0.05, 0) is 70.0 Å². The van der Waals surface area contributed by atoms with E-state index in [4.69, 9.17) is 0 Å². The molecule has 4 aromatic rings. The van der Waals surface area contributed by atoms with Crippen LogP contribution in [0.2, 0.25) is 0 Å². The van der Waals surface area contributed by atoms with Crippen LogP contribution in [0.4, 0.5) is 0 Å². The Kier molecular flexibility index (Phi) is 4.21. The fourth-order valence-electron chi connectivity index (χ4n) is 5.84. The Morgan fingerprint density at radius 1 is 0.645 bits per heavy atom. The fraction of sp³-hybridized carbons (Fsp3) is 0.300. The maximum atomic E-state index is 2.43. The average Bonchev–Trinajstić information content (AvgIpc) is 2.72. The maximum Gasteiger partial charge on any atom is 0.212 e. The van der Waals surface area contributed by atoms with Crippen molar-refractivity contribution in [3.63, 3.8) is 0 Å². The van der Waals surface area contributed by atoms with Crippen LogP contribution in [0.15, 0.2) is 66.9 Å². The van der Waals surface area contributed by atoms with Crippen LogP contribution in [-0.2, 0) is 17.9 Å². The summed E-state index contributed by atoms with van der Waals surface area (Å²) in [7, 11) is 2.15. The third-order valence-electron chi connectivity index (χ3n) is 8.05. The summed E-state index contributed by atoms with van der Waals surface area (Å²) in [5.74, 6) is 0. The first-order valence-corrected chi connectivity index (χ1v) is 11.3. The number of nitrogens with zero attached hydrogens (tertiary/aromatic N) is 1. The van der Waals surface area contributed by atoms with Crippen LogP contribution in [0.1, 0.15) is 49.9 Å². The van der Waals surface area contributed by atoms with E-state index in [9.17, 15) is 0 Å². The largest absolute Gasteiger partial charge is 0.212 e. The van der Waals surface area contributed by atoms with Gasteiger partial charge in [-0.25, -0.2) is 4.57 Å². The van der Waals surface area contributed by atoms with Crippen molar-refractivity contribution in [2.45, 2.75) is 52.4 Å². The predicted molar refractivity (Wildman–Crippen MR) is 132 cm³/mol. The van der Waals surface area contributed by atoms with Gasteiger partial charge in [-0.15, -0.1) is 0 Å². The van der Waals surface area contributed by atoms with E-state index in [0.717, 1.165) is 0 Å². The zero-order valence-corrected chi connectivity index (χ0v) is 19.8. The first-order valence-electron chi connectivity index (χ1n) is 11.3. The SMILES string of the molecule is Cc1ccc(-c2ccc3c(c2C)C(C)(C)C(C)(C)c2c-3ccc3ccccc23)[n+](C)c1. The van der Waals surface area contributed by atoms with Gasteiger partial charge in [0.05, 0.1) is 0 Å². The number of benzene rings is 3. The summed E-state index contributed by atoms with van der Waals surface area (Å²) in [6.07, 6.45) is 2.21. The molecular weight excluding hydrogens is 374 g/mol. The second kappa shape index (κ2) is 6.53. The topological polar surface area (TPSA) is 3.88 Å². The molecule has 1 nitrogen and oxygen atoms in total. The van der Waals surface area contributed by atoms with Crippen LogP contribution in [0.3, 0.4) is 0 Å². The van der Waals surface area contributed by atoms with E-state index in [1.54, 1.807) is 0 Å². The minimum absolute atomic E-state index is 0.00492. The highest BCUT2D eigenvalue weighted by atomic mass is 14.9. The number of hydrogen-bond donors (Lipinski definition) is 0. The van der Waals surface area contributed by atoms with Crippen LogP contribution >= 0.6 is 0 Å². The van der Waals surface area contributed by atoms with E-state index in [1.807, 2.05) is 0 Å².